The van der Waals surface area contributed by atoms with E-state index < -0.39 is 0 Å². The fourth-order valence-corrected chi connectivity index (χ4v) is 2.14. The maximum atomic E-state index is 12.0. The van der Waals surface area contributed by atoms with Gasteiger partial charge in [0.2, 0.25) is 5.91 Å². The summed E-state index contributed by atoms with van der Waals surface area (Å²) in [5.74, 6) is 0.622. The monoisotopic (exact) mass is 312 g/mol. The van der Waals surface area contributed by atoms with Crippen LogP contribution in [0.3, 0.4) is 0 Å². The molecule has 1 amide bonds. The molecule has 1 rings (SSSR count). The van der Waals surface area contributed by atoms with Crippen LogP contribution in [0.1, 0.15) is 38.7 Å². The van der Waals surface area contributed by atoms with Crippen molar-refractivity contribution in [2.24, 2.45) is 0 Å². The lowest BCUT2D eigenvalue weighted by Crippen LogP contribution is -2.38. The molecule has 5 heteroatoms. The van der Waals surface area contributed by atoms with Crippen molar-refractivity contribution in [3.8, 4) is 5.75 Å². The number of carbonyl (C=O) groups is 1. The standard InChI is InChI=1S/C16H25ClN2O2/c1-5-6-7-8-18-16(20)12(3)19-14-9-11(2)13(17)10-15(14)21-4/h9-10,12,19H,5-8H2,1-4H3,(H,18,20). The third-order valence-electron chi connectivity index (χ3n) is 3.33. The van der Waals surface area contributed by atoms with Crippen LogP contribution in [0.2, 0.25) is 5.02 Å². The van der Waals surface area contributed by atoms with E-state index in [1.807, 2.05) is 19.9 Å². The Labute approximate surface area is 132 Å². The summed E-state index contributed by atoms with van der Waals surface area (Å²) in [6.07, 6.45) is 3.29. The van der Waals surface area contributed by atoms with Crippen LogP contribution in [-0.2, 0) is 4.79 Å². The zero-order valence-electron chi connectivity index (χ0n) is 13.3. The summed E-state index contributed by atoms with van der Waals surface area (Å²) in [7, 11) is 1.58. The lowest BCUT2D eigenvalue weighted by Gasteiger charge is -2.18. The molecule has 0 heterocycles. The maximum absolute atomic E-state index is 12.0. The van der Waals surface area contributed by atoms with E-state index in [1.165, 1.54) is 0 Å². The Kier molecular flexibility index (Phi) is 7.37. The van der Waals surface area contributed by atoms with Crippen LogP contribution >= 0.6 is 11.6 Å². The number of halogens is 1. The molecule has 0 saturated heterocycles. The first-order valence-electron chi connectivity index (χ1n) is 7.38. The Hall–Kier alpha value is -1.42. The smallest absolute Gasteiger partial charge is 0.242 e. The van der Waals surface area contributed by atoms with Crippen LogP contribution < -0.4 is 15.4 Å². The van der Waals surface area contributed by atoms with Crippen molar-refractivity contribution in [2.75, 3.05) is 19.0 Å². The van der Waals surface area contributed by atoms with Gasteiger partial charge in [0.05, 0.1) is 12.8 Å². The maximum Gasteiger partial charge on any atom is 0.242 e. The topological polar surface area (TPSA) is 50.4 Å². The van der Waals surface area contributed by atoms with Crippen LogP contribution in [0.15, 0.2) is 12.1 Å². The molecule has 0 aliphatic heterocycles. The first-order chi connectivity index (χ1) is 9.99. The minimum absolute atomic E-state index is 0.0132. The first kappa shape index (κ1) is 17.6. The summed E-state index contributed by atoms with van der Waals surface area (Å²) < 4.78 is 5.30. The third kappa shape index (κ3) is 5.46. The summed E-state index contributed by atoms with van der Waals surface area (Å²) in [5, 5.41) is 6.75. The van der Waals surface area contributed by atoms with Gasteiger partial charge >= 0.3 is 0 Å². The molecule has 1 aromatic carbocycles. The molecule has 0 saturated carbocycles. The molecular formula is C16H25ClN2O2. The fourth-order valence-electron chi connectivity index (χ4n) is 1.98. The molecule has 1 atom stereocenters. The van der Waals surface area contributed by atoms with Gasteiger partial charge in [0.15, 0.2) is 0 Å². The summed E-state index contributed by atoms with van der Waals surface area (Å²) >= 11 is 6.07. The van der Waals surface area contributed by atoms with Gasteiger partial charge in [0, 0.05) is 17.6 Å². The van der Waals surface area contributed by atoms with Crippen molar-refractivity contribution in [3.05, 3.63) is 22.7 Å². The van der Waals surface area contributed by atoms with Gasteiger partial charge in [-0.25, -0.2) is 0 Å². The Balaban J connectivity index is 2.63. The van der Waals surface area contributed by atoms with Crippen molar-refractivity contribution < 1.29 is 9.53 Å². The van der Waals surface area contributed by atoms with E-state index in [9.17, 15) is 4.79 Å². The van der Waals surface area contributed by atoms with Crippen molar-refractivity contribution in [3.63, 3.8) is 0 Å². The van der Waals surface area contributed by atoms with Crippen LogP contribution in [0, 0.1) is 6.92 Å². The van der Waals surface area contributed by atoms with E-state index in [1.54, 1.807) is 13.2 Å². The van der Waals surface area contributed by atoms with Crippen LogP contribution in [0.5, 0.6) is 5.75 Å². The number of rotatable bonds is 8. The number of anilines is 1. The lowest BCUT2D eigenvalue weighted by molar-refractivity contribution is -0.121. The number of nitrogens with one attached hydrogen (secondary N) is 2. The number of benzene rings is 1. The molecule has 21 heavy (non-hydrogen) atoms. The van der Waals surface area contributed by atoms with E-state index in [-0.39, 0.29) is 11.9 Å². The normalized spacial score (nSPS) is 11.9. The number of hydrogen-bond acceptors (Lipinski definition) is 3. The Morgan fingerprint density at radius 2 is 2.10 bits per heavy atom. The van der Waals surface area contributed by atoms with E-state index in [2.05, 4.69) is 17.6 Å². The van der Waals surface area contributed by atoms with E-state index in [0.29, 0.717) is 10.8 Å². The number of methoxy groups -OCH3 is 1. The van der Waals surface area contributed by atoms with Gasteiger partial charge < -0.3 is 15.4 Å². The van der Waals surface area contributed by atoms with Gasteiger partial charge in [0.25, 0.3) is 0 Å². The van der Waals surface area contributed by atoms with Crippen molar-refractivity contribution in [1.29, 1.82) is 0 Å². The van der Waals surface area contributed by atoms with Gasteiger partial charge in [-0.15, -0.1) is 0 Å². The van der Waals surface area contributed by atoms with E-state index in [0.717, 1.165) is 37.1 Å². The van der Waals surface area contributed by atoms with Gasteiger partial charge in [-0.2, -0.15) is 0 Å². The van der Waals surface area contributed by atoms with E-state index >= 15 is 0 Å². The zero-order valence-corrected chi connectivity index (χ0v) is 14.0. The molecule has 0 fully saturated rings. The summed E-state index contributed by atoms with van der Waals surface area (Å²) in [5.41, 5.74) is 1.71. The molecule has 0 bridgehead atoms. The molecule has 0 aliphatic rings. The molecule has 1 unspecified atom stereocenters. The molecule has 2 N–H and O–H groups in total. The van der Waals surface area contributed by atoms with Crippen molar-refractivity contribution >= 4 is 23.2 Å². The highest BCUT2D eigenvalue weighted by molar-refractivity contribution is 6.31. The Morgan fingerprint density at radius 3 is 2.71 bits per heavy atom. The highest BCUT2D eigenvalue weighted by Gasteiger charge is 2.15. The Bertz CT molecular complexity index is 478. The van der Waals surface area contributed by atoms with Gasteiger partial charge in [-0.1, -0.05) is 31.4 Å². The minimum Gasteiger partial charge on any atom is -0.495 e. The number of carbonyl (C=O) groups excluding carboxylic acids is 1. The second-order valence-electron chi connectivity index (χ2n) is 5.17. The predicted molar refractivity (Wildman–Crippen MR) is 88.4 cm³/mol. The van der Waals surface area contributed by atoms with Crippen LogP contribution in [-0.4, -0.2) is 25.6 Å². The summed E-state index contributed by atoms with van der Waals surface area (Å²) in [6, 6.07) is 3.31. The van der Waals surface area contributed by atoms with Gasteiger partial charge in [-0.05, 0) is 31.9 Å². The van der Waals surface area contributed by atoms with Crippen LogP contribution in [0.25, 0.3) is 0 Å². The average molecular weight is 313 g/mol. The van der Waals surface area contributed by atoms with Crippen LogP contribution in [0.4, 0.5) is 5.69 Å². The summed E-state index contributed by atoms with van der Waals surface area (Å²) in [6.45, 7) is 6.61. The first-order valence-corrected chi connectivity index (χ1v) is 7.75. The lowest BCUT2D eigenvalue weighted by atomic mass is 10.2. The quantitative estimate of drug-likeness (QED) is 0.719. The second-order valence-corrected chi connectivity index (χ2v) is 5.57. The number of aryl methyl sites for hydroxylation is 1. The number of unbranched alkanes of at least 4 members (excludes halogenated alkanes) is 2. The molecule has 1 aromatic rings. The largest absolute Gasteiger partial charge is 0.495 e. The number of amides is 1. The highest BCUT2D eigenvalue weighted by atomic mass is 35.5. The van der Waals surface area contributed by atoms with Gasteiger partial charge in [-0.3, -0.25) is 4.79 Å². The van der Waals surface area contributed by atoms with Crippen molar-refractivity contribution in [1.82, 2.24) is 5.32 Å². The molecule has 4 nitrogen and oxygen atoms in total. The molecule has 0 radical (unpaired) electrons. The average Bonchev–Trinajstić information content (AvgIpc) is 2.46. The summed E-state index contributed by atoms with van der Waals surface area (Å²) in [4.78, 5) is 12.0. The molecule has 118 valence electrons. The molecule has 0 aliphatic carbocycles. The SMILES string of the molecule is CCCCCNC(=O)C(C)Nc1cc(C)c(Cl)cc1OC. The highest BCUT2D eigenvalue weighted by Crippen LogP contribution is 2.31. The molecular weight excluding hydrogens is 288 g/mol. The van der Waals surface area contributed by atoms with Gasteiger partial charge in [0.1, 0.15) is 11.8 Å². The predicted octanol–water partition coefficient (Wildman–Crippen LogP) is 3.76. The third-order valence-corrected chi connectivity index (χ3v) is 3.73. The second kappa shape index (κ2) is 8.78. The number of hydrogen-bond donors (Lipinski definition) is 2. The molecule has 0 spiro atoms. The minimum atomic E-state index is -0.332. The molecule has 0 aromatic heterocycles. The Morgan fingerprint density at radius 1 is 1.38 bits per heavy atom. The van der Waals surface area contributed by atoms with E-state index in [4.69, 9.17) is 16.3 Å². The van der Waals surface area contributed by atoms with Crippen molar-refractivity contribution in [2.45, 2.75) is 46.1 Å². The fraction of sp³-hybridized carbons (Fsp3) is 0.562. The zero-order chi connectivity index (χ0) is 15.8. The number of ether oxygens (including phenoxy) is 1.